The minimum atomic E-state index is 0.491. The van der Waals surface area contributed by atoms with E-state index in [2.05, 4.69) is 24.1 Å². The molecule has 0 fully saturated rings. The zero-order chi connectivity index (χ0) is 14.4. The number of aromatic hydroxyl groups is 1. The van der Waals surface area contributed by atoms with Gasteiger partial charge in [0.15, 0.2) is 0 Å². The van der Waals surface area contributed by atoms with Gasteiger partial charge in [0.1, 0.15) is 5.75 Å². The van der Waals surface area contributed by atoms with Gasteiger partial charge in [-0.3, -0.25) is 0 Å². The van der Waals surface area contributed by atoms with Crippen LogP contribution in [0.3, 0.4) is 0 Å². The lowest BCUT2D eigenvalue weighted by molar-refractivity contribution is 0.180. The standard InChI is InChI=1S/C17H27NOS/c1-3-10-18(11-5-12-20-2)15-8-9-16-14(13-15)6-4-7-17(16)19/h4,6-7,15,19H,3,5,8-13H2,1-2H3/t15-/m0/s1. The van der Waals surface area contributed by atoms with Gasteiger partial charge < -0.3 is 10.0 Å². The molecule has 112 valence electrons. The summed E-state index contributed by atoms with van der Waals surface area (Å²) in [7, 11) is 0. The zero-order valence-electron chi connectivity index (χ0n) is 12.8. The summed E-state index contributed by atoms with van der Waals surface area (Å²) in [6.07, 6.45) is 8.00. The van der Waals surface area contributed by atoms with E-state index in [1.807, 2.05) is 23.9 Å². The van der Waals surface area contributed by atoms with Gasteiger partial charge in [0.25, 0.3) is 0 Å². The Balaban J connectivity index is 2.01. The Morgan fingerprint density at radius 2 is 2.20 bits per heavy atom. The average molecular weight is 293 g/mol. The van der Waals surface area contributed by atoms with Crippen LogP contribution in [0.25, 0.3) is 0 Å². The number of phenols is 1. The number of thioether (sulfide) groups is 1. The monoisotopic (exact) mass is 293 g/mol. The van der Waals surface area contributed by atoms with Crippen molar-refractivity contribution in [3.8, 4) is 5.75 Å². The SMILES string of the molecule is CCCN(CCCSC)[C@H]1CCc2c(O)cccc2C1. The molecule has 2 rings (SSSR count). The van der Waals surface area contributed by atoms with Gasteiger partial charge in [-0.15, -0.1) is 0 Å². The van der Waals surface area contributed by atoms with Crippen LogP contribution in [0.1, 0.15) is 37.3 Å². The van der Waals surface area contributed by atoms with Crippen LogP contribution in [0.2, 0.25) is 0 Å². The first-order valence-electron chi connectivity index (χ1n) is 7.79. The molecule has 0 spiro atoms. The van der Waals surface area contributed by atoms with Crippen LogP contribution in [0, 0.1) is 0 Å². The highest BCUT2D eigenvalue weighted by molar-refractivity contribution is 7.98. The molecule has 0 aliphatic heterocycles. The van der Waals surface area contributed by atoms with Crippen molar-refractivity contribution in [2.75, 3.05) is 25.1 Å². The zero-order valence-corrected chi connectivity index (χ0v) is 13.6. The van der Waals surface area contributed by atoms with E-state index in [0.29, 0.717) is 11.8 Å². The van der Waals surface area contributed by atoms with Crippen LogP contribution in [-0.2, 0) is 12.8 Å². The van der Waals surface area contributed by atoms with E-state index in [0.717, 1.165) is 12.8 Å². The van der Waals surface area contributed by atoms with Gasteiger partial charge in [-0.05, 0) is 74.4 Å². The van der Waals surface area contributed by atoms with Crippen molar-refractivity contribution in [2.45, 2.75) is 45.1 Å². The van der Waals surface area contributed by atoms with Crippen LogP contribution in [0.5, 0.6) is 5.75 Å². The fraction of sp³-hybridized carbons (Fsp3) is 0.647. The van der Waals surface area contributed by atoms with Crippen LogP contribution in [0.15, 0.2) is 18.2 Å². The Morgan fingerprint density at radius 1 is 1.35 bits per heavy atom. The van der Waals surface area contributed by atoms with Crippen molar-refractivity contribution >= 4 is 11.8 Å². The van der Waals surface area contributed by atoms with E-state index in [4.69, 9.17) is 0 Å². The summed E-state index contributed by atoms with van der Waals surface area (Å²) in [5, 5.41) is 9.94. The van der Waals surface area contributed by atoms with E-state index < -0.39 is 0 Å². The van der Waals surface area contributed by atoms with Crippen molar-refractivity contribution < 1.29 is 5.11 Å². The highest BCUT2D eigenvalue weighted by Gasteiger charge is 2.24. The maximum absolute atomic E-state index is 9.94. The molecule has 0 unspecified atom stereocenters. The number of phenolic OH excluding ortho intramolecular Hbond substituents is 1. The lowest BCUT2D eigenvalue weighted by Gasteiger charge is -2.35. The lowest BCUT2D eigenvalue weighted by atomic mass is 9.86. The largest absolute Gasteiger partial charge is 0.508 e. The van der Waals surface area contributed by atoms with E-state index >= 15 is 0 Å². The molecule has 1 aromatic rings. The minimum Gasteiger partial charge on any atom is -0.508 e. The number of hydrogen-bond donors (Lipinski definition) is 1. The molecule has 2 nitrogen and oxygen atoms in total. The number of nitrogens with zero attached hydrogens (tertiary/aromatic N) is 1. The van der Waals surface area contributed by atoms with Crippen molar-refractivity contribution in [3.63, 3.8) is 0 Å². The molecular weight excluding hydrogens is 266 g/mol. The molecule has 0 heterocycles. The molecule has 1 aliphatic carbocycles. The lowest BCUT2D eigenvalue weighted by Crippen LogP contribution is -2.40. The predicted molar refractivity (Wildman–Crippen MR) is 88.8 cm³/mol. The molecule has 1 N–H and O–H groups in total. The molecule has 0 aromatic heterocycles. The maximum Gasteiger partial charge on any atom is 0.119 e. The summed E-state index contributed by atoms with van der Waals surface area (Å²) in [4.78, 5) is 2.67. The van der Waals surface area contributed by atoms with Crippen LogP contribution >= 0.6 is 11.8 Å². The summed E-state index contributed by atoms with van der Waals surface area (Å²) >= 11 is 1.94. The smallest absolute Gasteiger partial charge is 0.119 e. The highest BCUT2D eigenvalue weighted by Crippen LogP contribution is 2.30. The fourth-order valence-corrected chi connectivity index (χ4v) is 3.67. The molecule has 20 heavy (non-hydrogen) atoms. The van der Waals surface area contributed by atoms with Gasteiger partial charge in [-0.2, -0.15) is 11.8 Å². The number of benzene rings is 1. The molecule has 1 atom stereocenters. The quantitative estimate of drug-likeness (QED) is 0.775. The summed E-state index contributed by atoms with van der Waals surface area (Å²) in [6, 6.07) is 6.65. The molecule has 0 radical (unpaired) electrons. The van der Waals surface area contributed by atoms with Crippen molar-refractivity contribution in [2.24, 2.45) is 0 Å². The maximum atomic E-state index is 9.94. The minimum absolute atomic E-state index is 0.491. The normalized spacial score (nSPS) is 18.2. The Bertz CT molecular complexity index is 421. The first-order chi connectivity index (χ1) is 9.76. The Kier molecular flexibility index (Phi) is 6.24. The Hall–Kier alpha value is -0.670. The third-order valence-corrected chi connectivity index (χ3v) is 4.95. The van der Waals surface area contributed by atoms with Gasteiger partial charge in [0.2, 0.25) is 0 Å². The molecule has 0 bridgehead atoms. The number of fused-ring (bicyclic) bond motifs is 1. The summed E-state index contributed by atoms with van der Waals surface area (Å²) in [5.41, 5.74) is 2.54. The van der Waals surface area contributed by atoms with E-state index in [1.54, 1.807) is 0 Å². The molecule has 0 amide bonds. The van der Waals surface area contributed by atoms with E-state index in [9.17, 15) is 5.11 Å². The molecular formula is C17H27NOS. The first-order valence-corrected chi connectivity index (χ1v) is 9.18. The summed E-state index contributed by atoms with van der Waals surface area (Å²) in [5.74, 6) is 1.75. The average Bonchev–Trinajstić information content (AvgIpc) is 2.46. The van der Waals surface area contributed by atoms with Crippen molar-refractivity contribution in [3.05, 3.63) is 29.3 Å². The number of rotatable bonds is 7. The van der Waals surface area contributed by atoms with Gasteiger partial charge in [0, 0.05) is 6.04 Å². The Morgan fingerprint density at radius 3 is 2.95 bits per heavy atom. The predicted octanol–water partition coefficient (Wildman–Crippen LogP) is 3.71. The summed E-state index contributed by atoms with van der Waals surface area (Å²) < 4.78 is 0. The van der Waals surface area contributed by atoms with Gasteiger partial charge in [-0.1, -0.05) is 19.1 Å². The third kappa shape index (κ3) is 3.92. The summed E-state index contributed by atoms with van der Waals surface area (Å²) in [6.45, 7) is 4.69. The van der Waals surface area contributed by atoms with Gasteiger partial charge in [0.05, 0.1) is 0 Å². The molecule has 3 heteroatoms. The Labute approximate surface area is 127 Å². The second-order valence-electron chi connectivity index (χ2n) is 5.69. The first kappa shape index (κ1) is 15.7. The van der Waals surface area contributed by atoms with Crippen LogP contribution in [-0.4, -0.2) is 41.1 Å². The second-order valence-corrected chi connectivity index (χ2v) is 6.68. The molecule has 1 aromatic carbocycles. The fourth-order valence-electron chi connectivity index (χ4n) is 3.26. The van der Waals surface area contributed by atoms with E-state index in [1.165, 1.54) is 49.2 Å². The molecule has 1 aliphatic rings. The van der Waals surface area contributed by atoms with Gasteiger partial charge >= 0.3 is 0 Å². The van der Waals surface area contributed by atoms with E-state index in [-0.39, 0.29) is 0 Å². The number of hydrogen-bond acceptors (Lipinski definition) is 3. The second kappa shape index (κ2) is 7.94. The van der Waals surface area contributed by atoms with Crippen molar-refractivity contribution in [1.82, 2.24) is 4.90 Å². The molecule has 0 saturated heterocycles. The van der Waals surface area contributed by atoms with Gasteiger partial charge in [-0.25, -0.2) is 0 Å². The van der Waals surface area contributed by atoms with Crippen molar-refractivity contribution in [1.29, 1.82) is 0 Å². The molecule has 0 saturated carbocycles. The van der Waals surface area contributed by atoms with Crippen LogP contribution in [0.4, 0.5) is 0 Å². The third-order valence-electron chi connectivity index (χ3n) is 4.25. The van der Waals surface area contributed by atoms with Crippen LogP contribution < -0.4 is 0 Å². The highest BCUT2D eigenvalue weighted by atomic mass is 32.2. The topological polar surface area (TPSA) is 23.5 Å².